The highest BCUT2D eigenvalue weighted by Gasteiger charge is 2.23. The van der Waals surface area contributed by atoms with E-state index in [2.05, 4.69) is 11.8 Å². The van der Waals surface area contributed by atoms with E-state index in [0.29, 0.717) is 19.7 Å². The molecular weight excluding hydrogens is 260 g/mol. The molecule has 0 amide bonds. The Morgan fingerprint density at radius 2 is 2.30 bits per heavy atom. The number of anilines is 1. The molecular formula is C14H18N2O4. The Kier molecular flexibility index (Phi) is 4.34. The van der Waals surface area contributed by atoms with Crippen LogP contribution in [0.2, 0.25) is 0 Å². The van der Waals surface area contributed by atoms with Gasteiger partial charge in [-0.15, -0.1) is 0 Å². The molecule has 0 saturated carbocycles. The standard InChI is InChI=1S/C14H18N2O4/c1-3-12-9-15(6-7-20-12)11-4-5-13(10(2)17)14(8-11)16(18)19/h4-5,8,12H,3,6-7,9H2,1-2H3. The Labute approximate surface area is 117 Å². The molecule has 1 fully saturated rings. The molecule has 0 aromatic heterocycles. The molecule has 6 heteroatoms. The van der Waals surface area contributed by atoms with Crippen LogP contribution in [0.1, 0.15) is 30.6 Å². The largest absolute Gasteiger partial charge is 0.375 e. The number of nitro groups is 1. The van der Waals surface area contributed by atoms with Gasteiger partial charge in [-0.3, -0.25) is 14.9 Å². The minimum atomic E-state index is -0.502. The van der Waals surface area contributed by atoms with Crippen LogP contribution in [0.4, 0.5) is 11.4 Å². The summed E-state index contributed by atoms with van der Waals surface area (Å²) in [5.74, 6) is -0.295. The molecule has 108 valence electrons. The average molecular weight is 278 g/mol. The number of nitrogens with zero attached hydrogens (tertiary/aromatic N) is 2. The van der Waals surface area contributed by atoms with E-state index in [9.17, 15) is 14.9 Å². The van der Waals surface area contributed by atoms with Crippen LogP contribution >= 0.6 is 0 Å². The van der Waals surface area contributed by atoms with E-state index < -0.39 is 4.92 Å². The molecule has 1 aliphatic rings. The molecule has 1 aromatic rings. The number of ketones is 1. The van der Waals surface area contributed by atoms with Gasteiger partial charge in [0.2, 0.25) is 0 Å². The first kappa shape index (κ1) is 14.5. The van der Waals surface area contributed by atoms with Gasteiger partial charge < -0.3 is 9.64 Å². The average Bonchev–Trinajstić information content (AvgIpc) is 2.46. The van der Waals surface area contributed by atoms with Gasteiger partial charge in [0.25, 0.3) is 5.69 Å². The first-order valence-electron chi connectivity index (χ1n) is 6.68. The lowest BCUT2D eigenvalue weighted by atomic mass is 10.1. The summed E-state index contributed by atoms with van der Waals surface area (Å²) in [7, 11) is 0. The van der Waals surface area contributed by atoms with E-state index in [1.54, 1.807) is 6.07 Å². The molecule has 0 bridgehead atoms. The minimum absolute atomic E-state index is 0.130. The first-order valence-corrected chi connectivity index (χ1v) is 6.68. The van der Waals surface area contributed by atoms with Gasteiger partial charge >= 0.3 is 0 Å². The van der Waals surface area contributed by atoms with Crippen LogP contribution in [0.25, 0.3) is 0 Å². The molecule has 20 heavy (non-hydrogen) atoms. The maximum absolute atomic E-state index is 11.4. The summed E-state index contributed by atoms with van der Waals surface area (Å²) < 4.78 is 5.59. The van der Waals surface area contributed by atoms with Gasteiger partial charge in [0.15, 0.2) is 5.78 Å². The Bertz CT molecular complexity index is 530. The van der Waals surface area contributed by atoms with Gasteiger partial charge in [0.05, 0.1) is 23.2 Å². The molecule has 1 heterocycles. The van der Waals surface area contributed by atoms with Crippen LogP contribution in [0, 0.1) is 10.1 Å². The topological polar surface area (TPSA) is 72.7 Å². The van der Waals surface area contributed by atoms with Crippen molar-refractivity contribution >= 4 is 17.2 Å². The number of ether oxygens (including phenoxy) is 1. The number of nitro benzene ring substituents is 1. The van der Waals surface area contributed by atoms with E-state index in [4.69, 9.17) is 4.74 Å². The van der Waals surface area contributed by atoms with Crippen LogP contribution in [0.3, 0.4) is 0 Å². The van der Waals surface area contributed by atoms with E-state index in [-0.39, 0.29) is 23.1 Å². The molecule has 1 aliphatic heterocycles. The molecule has 0 radical (unpaired) electrons. The second kappa shape index (κ2) is 6.00. The second-order valence-electron chi connectivity index (χ2n) is 4.86. The van der Waals surface area contributed by atoms with Crippen molar-refractivity contribution in [2.45, 2.75) is 26.4 Å². The SMILES string of the molecule is CCC1CN(c2ccc(C(C)=O)c([N+](=O)[O-])c2)CCO1. The maximum Gasteiger partial charge on any atom is 0.282 e. The van der Waals surface area contributed by atoms with Crippen molar-refractivity contribution in [1.29, 1.82) is 0 Å². The lowest BCUT2D eigenvalue weighted by molar-refractivity contribution is -0.385. The summed E-state index contributed by atoms with van der Waals surface area (Å²) in [6.45, 7) is 5.42. The van der Waals surface area contributed by atoms with Crippen LogP contribution in [0.15, 0.2) is 18.2 Å². The highest BCUT2D eigenvalue weighted by atomic mass is 16.6. The zero-order chi connectivity index (χ0) is 14.7. The summed E-state index contributed by atoms with van der Waals surface area (Å²) >= 11 is 0. The van der Waals surface area contributed by atoms with Crippen LogP contribution in [-0.2, 0) is 4.74 Å². The minimum Gasteiger partial charge on any atom is -0.375 e. The first-order chi connectivity index (χ1) is 9.52. The number of carbonyl (C=O) groups excluding carboxylic acids is 1. The van der Waals surface area contributed by atoms with E-state index in [0.717, 1.165) is 12.1 Å². The van der Waals surface area contributed by atoms with Crippen molar-refractivity contribution in [2.24, 2.45) is 0 Å². The normalized spacial score (nSPS) is 18.9. The van der Waals surface area contributed by atoms with Crippen LogP contribution < -0.4 is 4.90 Å². The lowest BCUT2D eigenvalue weighted by Gasteiger charge is -2.34. The monoisotopic (exact) mass is 278 g/mol. The summed E-state index contributed by atoms with van der Waals surface area (Å²) in [5.41, 5.74) is 0.789. The summed E-state index contributed by atoms with van der Waals surface area (Å²) in [6, 6.07) is 4.78. The molecule has 0 spiro atoms. The quantitative estimate of drug-likeness (QED) is 0.480. The van der Waals surface area contributed by atoms with Gasteiger partial charge in [-0.05, 0) is 25.5 Å². The van der Waals surface area contributed by atoms with Gasteiger partial charge in [0.1, 0.15) is 0 Å². The predicted molar refractivity (Wildman–Crippen MR) is 75.3 cm³/mol. The lowest BCUT2D eigenvalue weighted by Crippen LogP contribution is -2.42. The zero-order valence-corrected chi connectivity index (χ0v) is 11.7. The number of benzene rings is 1. The molecule has 0 aliphatic carbocycles. The highest BCUT2D eigenvalue weighted by molar-refractivity contribution is 5.98. The van der Waals surface area contributed by atoms with E-state index >= 15 is 0 Å². The van der Waals surface area contributed by atoms with Gasteiger partial charge in [0, 0.05) is 24.8 Å². The maximum atomic E-state index is 11.4. The number of carbonyl (C=O) groups is 1. The Morgan fingerprint density at radius 3 is 2.90 bits per heavy atom. The summed E-state index contributed by atoms with van der Waals surface area (Å²) in [6.07, 6.45) is 1.06. The number of morpholine rings is 1. The second-order valence-corrected chi connectivity index (χ2v) is 4.86. The van der Waals surface area contributed by atoms with Crippen molar-refractivity contribution in [1.82, 2.24) is 0 Å². The third kappa shape index (κ3) is 2.96. The highest BCUT2D eigenvalue weighted by Crippen LogP contribution is 2.27. The number of hydrogen-bond acceptors (Lipinski definition) is 5. The van der Waals surface area contributed by atoms with E-state index in [1.807, 2.05) is 0 Å². The fourth-order valence-electron chi connectivity index (χ4n) is 2.37. The molecule has 1 saturated heterocycles. The number of Topliss-reactive ketones (excluding diaryl/α,β-unsaturated/α-hetero) is 1. The fourth-order valence-corrected chi connectivity index (χ4v) is 2.37. The van der Waals surface area contributed by atoms with Crippen molar-refractivity contribution in [2.75, 3.05) is 24.6 Å². The number of rotatable bonds is 4. The van der Waals surface area contributed by atoms with Crippen LogP contribution in [0.5, 0.6) is 0 Å². The van der Waals surface area contributed by atoms with Crippen molar-refractivity contribution < 1.29 is 14.5 Å². The molecule has 0 N–H and O–H groups in total. The molecule has 1 atom stereocenters. The molecule has 1 aromatic carbocycles. The Hall–Kier alpha value is -1.95. The third-order valence-corrected chi connectivity index (χ3v) is 3.52. The smallest absolute Gasteiger partial charge is 0.282 e. The molecule has 2 rings (SSSR count). The van der Waals surface area contributed by atoms with Gasteiger partial charge in [-0.25, -0.2) is 0 Å². The zero-order valence-electron chi connectivity index (χ0n) is 11.7. The Balaban J connectivity index is 2.31. The third-order valence-electron chi connectivity index (χ3n) is 3.52. The summed E-state index contributed by atoms with van der Waals surface area (Å²) in [4.78, 5) is 24.1. The number of hydrogen-bond donors (Lipinski definition) is 0. The van der Waals surface area contributed by atoms with Gasteiger partial charge in [-0.1, -0.05) is 6.92 Å². The van der Waals surface area contributed by atoms with E-state index in [1.165, 1.54) is 19.1 Å². The van der Waals surface area contributed by atoms with Crippen LogP contribution in [-0.4, -0.2) is 36.5 Å². The summed E-state index contributed by atoms with van der Waals surface area (Å²) in [5, 5.41) is 11.1. The van der Waals surface area contributed by atoms with Gasteiger partial charge in [-0.2, -0.15) is 0 Å². The Morgan fingerprint density at radius 1 is 1.55 bits per heavy atom. The molecule has 6 nitrogen and oxygen atoms in total. The predicted octanol–water partition coefficient (Wildman–Crippen LogP) is 2.41. The van der Waals surface area contributed by atoms with Crippen molar-refractivity contribution in [3.05, 3.63) is 33.9 Å². The van der Waals surface area contributed by atoms with Crippen molar-refractivity contribution in [3.63, 3.8) is 0 Å². The molecule has 1 unspecified atom stereocenters. The fraction of sp³-hybridized carbons (Fsp3) is 0.500. The van der Waals surface area contributed by atoms with Crippen molar-refractivity contribution in [3.8, 4) is 0 Å².